The molecular weight excluding hydrogens is 433 g/mol. The predicted octanol–water partition coefficient (Wildman–Crippen LogP) is 3.35. The average Bonchev–Trinajstić information content (AvgIpc) is 2.78. The molecule has 0 bridgehead atoms. The van der Waals surface area contributed by atoms with Crippen LogP contribution in [-0.2, 0) is 16.1 Å². The minimum Gasteiger partial charge on any atom is -0.367 e. The zero-order chi connectivity index (χ0) is 22.7. The fourth-order valence-corrected chi connectivity index (χ4v) is 3.95. The maximum Gasteiger partial charge on any atom is 0.271 e. The number of halogens is 2. The van der Waals surface area contributed by atoms with Gasteiger partial charge in [0.2, 0.25) is 5.91 Å². The van der Waals surface area contributed by atoms with E-state index in [2.05, 4.69) is 27.3 Å². The van der Waals surface area contributed by atoms with Crippen molar-refractivity contribution in [1.29, 1.82) is 0 Å². The van der Waals surface area contributed by atoms with E-state index in [0.717, 1.165) is 37.4 Å². The third-order valence-corrected chi connectivity index (χ3v) is 5.90. The van der Waals surface area contributed by atoms with E-state index >= 15 is 0 Å². The third-order valence-electron chi connectivity index (χ3n) is 5.66. The van der Waals surface area contributed by atoms with E-state index in [1.54, 1.807) is 18.2 Å². The number of hydrogen-bond acceptors (Lipinski definition) is 5. The van der Waals surface area contributed by atoms with Crippen LogP contribution in [0.3, 0.4) is 0 Å². The predicted molar refractivity (Wildman–Crippen MR) is 123 cm³/mol. The van der Waals surface area contributed by atoms with E-state index in [-0.39, 0.29) is 42.7 Å². The molecule has 0 saturated carbocycles. The lowest BCUT2D eigenvalue weighted by Gasteiger charge is -2.35. The zero-order valence-electron chi connectivity index (χ0n) is 17.9. The van der Waals surface area contributed by atoms with Crippen molar-refractivity contribution in [3.63, 3.8) is 0 Å². The van der Waals surface area contributed by atoms with Crippen molar-refractivity contribution in [1.82, 2.24) is 9.91 Å². The highest BCUT2D eigenvalue weighted by Gasteiger charge is 2.26. The minimum atomic E-state index is -0.362. The van der Waals surface area contributed by atoms with Crippen molar-refractivity contribution in [3.05, 3.63) is 58.9 Å². The molecule has 2 heterocycles. The minimum absolute atomic E-state index is 0.174. The summed E-state index contributed by atoms with van der Waals surface area (Å²) in [5, 5.41) is 9.03. The van der Waals surface area contributed by atoms with Gasteiger partial charge in [-0.25, -0.2) is 9.40 Å². The monoisotopic (exact) mass is 457 g/mol. The molecule has 2 amide bonds. The Hall–Kier alpha value is -2.97. The van der Waals surface area contributed by atoms with Gasteiger partial charge in [-0.05, 0) is 42.9 Å². The van der Waals surface area contributed by atoms with Crippen LogP contribution < -0.4 is 10.2 Å². The molecular formula is C23H25ClFN5O2. The third kappa shape index (κ3) is 5.26. The summed E-state index contributed by atoms with van der Waals surface area (Å²) in [6.45, 7) is 3.75. The number of benzene rings is 2. The second kappa shape index (κ2) is 9.67. The van der Waals surface area contributed by atoms with Gasteiger partial charge in [-0.15, -0.1) is 0 Å². The van der Waals surface area contributed by atoms with Crippen molar-refractivity contribution >= 4 is 40.5 Å². The first-order chi connectivity index (χ1) is 15.4. The van der Waals surface area contributed by atoms with E-state index in [4.69, 9.17) is 11.6 Å². The summed E-state index contributed by atoms with van der Waals surface area (Å²) < 4.78 is 13.2. The average molecular weight is 458 g/mol. The molecule has 32 heavy (non-hydrogen) atoms. The molecule has 7 nitrogen and oxygen atoms in total. The Morgan fingerprint density at radius 2 is 1.81 bits per heavy atom. The molecule has 0 aliphatic carbocycles. The standard InChI is InChI=1S/C23H25ClFN5O2/c1-28-10-12-29(13-11-28)21-8-4-17(24)14-20(21)26-23(32)19-7-9-22(31)30(27-19)15-16-2-5-18(25)6-3-16/h2-6,8,14H,7,9-13,15H2,1H3,(H,26,32). The van der Waals surface area contributed by atoms with Crippen molar-refractivity contribution < 1.29 is 14.0 Å². The number of carbonyl (C=O) groups is 2. The first kappa shape index (κ1) is 22.2. The zero-order valence-corrected chi connectivity index (χ0v) is 18.6. The summed E-state index contributed by atoms with van der Waals surface area (Å²) in [6, 6.07) is 11.3. The Bertz CT molecular complexity index is 1040. The second-order valence-electron chi connectivity index (χ2n) is 8.03. The van der Waals surface area contributed by atoms with Gasteiger partial charge in [0.05, 0.1) is 17.9 Å². The van der Waals surface area contributed by atoms with E-state index < -0.39 is 0 Å². The van der Waals surface area contributed by atoms with Crippen LogP contribution in [0.25, 0.3) is 0 Å². The molecule has 1 N–H and O–H groups in total. The number of hydrogen-bond donors (Lipinski definition) is 1. The number of piperazine rings is 1. The number of nitrogens with one attached hydrogen (secondary N) is 1. The number of hydrazone groups is 1. The quantitative estimate of drug-likeness (QED) is 0.747. The normalized spacial score (nSPS) is 17.3. The maximum absolute atomic E-state index is 13.2. The summed E-state index contributed by atoms with van der Waals surface area (Å²) in [4.78, 5) is 29.8. The Balaban J connectivity index is 1.51. The van der Waals surface area contributed by atoms with Gasteiger partial charge >= 0.3 is 0 Å². The van der Waals surface area contributed by atoms with Gasteiger partial charge in [-0.1, -0.05) is 23.7 Å². The van der Waals surface area contributed by atoms with Crippen LogP contribution in [0, 0.1) is 5.82 Å². The lowest BCUT2D eigenvalue weighted by Crippen LogP contribution is -2.44. The largest absolute Gasteiger partial charge is 0.367 e. The molecule has 0 atom stereocenters. The number of anilines is 2. The van der Waals surface area contributed by atoms with Crippen molar-refractivity contribution in [2.24, 2.45) is 5.10 Å². The number of rotatable bonds is 5. The van der Waals surface area contributed by atoms with Crippen LogP contribution in [0.2, 0.25) is 5.02 Å². The lowest BCUT2D eigenvalue weighted by molar-refractivity contribution is -0.132. The molecule has 4 rings (SSSR count). The Kier molecular flexibility index (Phi) is 6.72. The SMILES string of the molecule is CN1CCN(c2ccc(Cl)cc2NC(=O)C2=NN(Cc3ccc(F)cc3)C(=O)CC2)CC1. The summed E-state index contributed by atoms with van der Waals surface area (Å²) in [7, 11) is 2.09. The second-order valence-corrected chi connectivity index (χ2v) is 8.47. The van der Waals surface area contributed by atoms with Gasteiger partial charge in [0, 0.05) is 44.0 Å². The molecule has 2 aromatic rings. The van der Waals surface area contributed by atoms with E-state index in [1.165, 1.54) is 17.1 Å². The maximum atomic E-state index is 13.2. The van der Waals surface area contributed by atoms with Crippen LogP contribution in [0.15, 0.2) is 47.6 Å². The van der Waals surface area contributed by atoms with Crippen molar-refractivity contribution in [3.8, 4) is 0 Å². The first-order valence-corrected chi connectivity index (χ1v) is 10.9. The first-order valence-electron chi connectivity index (χ1n) is 10.6. The summed E-state index contributed by atoms with van der Waals surface area (Å²) >= 11 is 6.20. The van der Waals surface area contributed by atoms with Gasteiger partial charge in [0.1, 0.15) is 11.5 Å². The summed E-state index contributed by atoms with van der Waals surface area (Å²) in [5.41, 5.74) is 2.54. The van der Waals surface area contributed by atoms with Gasteiger partial charge in [0.25, 0.3) is 5.91 Å². The van der Waals surface area contributed by atoms with Gasteiger partial charge < -0.3 is 15.1 Å². The Morgan fingerprint density at radius 1 is 1.09 bits per heavy atom. The molecule has 2 aliphatic heterocycles. The lowest BCUT2D eigenvalue weighted by atomic mass is 10.1. The molecule has 1 fully saturated rings. The molecule has 2 aliphatic rings. The fraction of sp³-hybridized carbons (Fsp3) is 0.348. The van der Waals surface area contributed by atoms with E-state index in [1.807, 2.05) is 12.1 Å². The van der Waals surface area contributed by atoms with E-state index in [0.29, 0.717) is 10.7 Å². The molecule has 9 heteroatoms. The molecule has 0 aromatic heterocycles. The molecule has 168 valence electrons. The number of nitrogens with zero attached hydrogens (tertiary/aromatic N) is 4. The molecule has 1 saturated heterocycles. The highest BCUT2D eigenvalue weighted by Crippen LogP contribution is 2.30. The number of amides is 2. The van der Waals surface area contributed by atoms with Crippen LogP contribution in [0.4, 0.5) is 15.8 Å². The van der Waals surface area contributed by atoms with Gasteiger partial charge in [-0.3, -0.25) is 9.59 Å². The van der Waals surface area contributed by atoms with Crippen LogP contribution in [0.1, 0.15) is 18.4 Å². The van der Waals surface area contributed by atoms with Crippen LogP contribution in [-0.4, -0.2) is 60.7 Å². The molecule has 0 radical (unpaired) electrons. The van der Waals surface area contributed by atoms with Crippen molar-refractivity contribution in [2.75, 3.05) is 43.4 Å². The molecule has 0 spiro atoms. The number of carbonyl (C=O) groups excluding carboxylic acids is 2. The summed E-state index contributed by atoms with van der Waals surface area (Å²) in [5.74, 6) is -0.883. The molecule has 2 aromatic carbocycles. The van der Waals surface area contributed by atoms with Gasteiger partial charge in [0.15, 0.2) is 0 Å². The topological polar surface area (TPSA) is 68.2 Å². The highest BCUT2D eigenvalue weighted by molar-refractivity contribution is 6.44. The van der Waals surface area contributed by atoms with Crippen LogP contribution >= 0.6 is 11.6 Å². The van der Waals surface area contributed by atoms with Gasteiger partial charge in [-0.2, -0.15) is 5.10 Å². The smallest absolute Gasteiger partial charge is 0.271 e. The van der Waals surface area contributed by atoms with Crippen LogP contribution in [0.5, 0.6) is 0 Å². The summed E-state index contributed by atoms with van der Waals surface area (Å²) in [6.07, 6.45) is 0.448. The molecule has 0 unspecified atom stereocenters. The number of likely N-dealkylation sites (N-methyl/N-ethyl adjacent to an activating group) is 1. The Morgan fingerprint density at radius 3 is 2.53 bits per heavy atom. The fourth-order valence-electron chi connectivity index (χ4n) is 3.78. The van der Waals surface area contributed by atoms with Crippen molar-refractivity contribution in [2.45, 2.75) is 19.4 Å². The van der Waals surface area contributed by atoms with E-state index in [9.17, 15) is 14.0 Å². The highest BCUT2D eigenvalue weighted by atomic mass is 35.5. The Labute approximate surface area is 191 Å².